The zero-order chi connectivity index (χ0) is 18.4. The molecule has 0 spiro atoms. The zero-order valence-corrected chi connectivity index (χ0v) is 13.6. The molecule has 8 heteroatoms. The molecule has 0 aromatic heterocycles. The van der Waals surface area contributed by atoms with Crippen LogP contribution in [0.4, 0.5) is 23.7 Å². The summed E-state index contributed by atoms with van der Waals surface area (Å²) < 4.78 is 36.5. The quantitative estimate of drug-likeness (QED) is 0.812. The molecule has 4 nitrogen and oxygen atoms in total. The number of aryl methyl sites for hydroxylation is 1. The van der Waals surface area contributed by atoms with Gasteiger partial charge in [0, 0.05) is 12.1 Å². The van der Waals surface area contributed by atoms with Crippen molar-refractivity contribution in [3.05, 3.63) is 64.7 Å². The van der Waals surface area contributed by atoms with Crippen molar-refractivity contribution in [1.82, 2.24) is 5.32 Å². The lowest BCUT2D eigenvalue weighted by atomic mass is 10.1. The SMILES string of the molecule is O=C(NC(=O)c1ccccc1Cl)Nc1ccc(CCC(F)(F)F)cc1. The third-order valence-corrected chi connectivity index (χ3v) is 3.58. The monoisotopic (exact) mass is 370 g/mol. The molecule has 0 aliphatic rings. The van der Waals surface area contributed by atoms with Crippen molar-refractivity contribution in [2.24, 2.45) is 0 Å². The molecule has 25 heavy (non-hydrogen) atoms. The highest BCUT2D eigenvalue weighted by Crippen LogP contribution is 2.22. The Morgan fingerprint density at radius 3 is 2.24 bits per heavy atom. The van der Waals surface area contributed by atoms with E-state index < -0.39 is 24.5 Å². The smallest absolute Gasteiger partial charge is 0.308 e. The lowest BCUT2D eigenvalue weighted by Gasteiger charge is -2.09. The molecule has 0 aliphatic carbocycles. The van der Waals surface area contributed by atoms with Crippen LogP contribution < -0.4 is 10.6 Å². The molecule has 2 rings (SSSR count). The first-order valence-electron chi connectivity index (χ1n) is 7.27. The van der Waals surface area contributed by atoms with Crippen LogP contribution in [0.3, 0.4) is 0 Å². The molecule has 0 saturated heterocycles. The number of urea groups is 1. The number of benzene rings is 2. The normalized spacial score (nSPS) is 11.0. The maximum atomic E-state index is 12.2. The van der Waals surface area contributed by atoms with Crippen LogP contribution in [0.15, 0.2) is 48.5 Å². The summed E-state index contributed by atoms with van der Waals surface area (Å²) in [7, 11) is 0. The molecular weight excluding hydrogens is 357 g/mol. The summed E-state index contributed by atoms with van der Waals surface area (Å²) in [5.41, 5.74) is 0.998. The number of imide groups is 1. The van der Waals surface area contributed by atoms with Crippen molar-refractivity contribution < 1.29 is 22.8 Å². The van der Waals surface area contributed by atoms with E-state index in [-0.39, 0.29) is 17.0 Å². The highest BCUT2D eigenvalue weighted by Gasteiger charge is 2.26. The van der Waals surface area contributed by atoms with Crippen molar-refractivity contribution in [3.8, 4) is 0 Å². The number of hydrogen-bond donors (Lipinski definition) is 2. The minimum absolute atomic E-state index is 0.138. The Hall–Kier alpha value is -2.54. The Balaban J connectivity index is 1.90. The van der Waals surface area contributed by atoms with Crippen LogP contribution >= 0.6 is 11.6 Å². The first-order valence-corrected chi connectivity index (χ1v) is 7.65. The first-order chi connectivity index (χ1) is 11.7. The largest absolute Gasteiger partial charge is 0.389 e. The third kappa shape index (κ3) is 6.11. The van der Waals surface area contributed by atoms with Crippen LogP contribution in [0.1, 0.15) is 22.3 Å². The zero-order valence-electron chi connectivity index (χ0n) is 12.9. The predicted octanol–water partition coefficient (Wildman–Crippen LogP) is 4.80. The number of nitrogens with one attached hydrogen (secondary N) is 2. The molecule has 0 heterocycles. The summed E-state index contributed by atoms with van der Waals surface area (Å²) in [4.78, 5) is 23.8. The van der Waals surface area contributed by atoms with E-state index in [0.717, 1.165) is 0 Å². The van der Waals surface area contributed by atoms with E-state index in [1.54, 1.807) is 12.1 Å². The van der Waals surface area contributed by atoms with E-state index in [1.165, 1.54) is 36.4 Å². The molecule has 3 amide bonds. The molecule has 0 bridgehead atoms. The maximum Gasteiger partial charge on any atom is 0.389 e. The fourth-order valence-electron chi connectivity index (χ4n) is 2.02. The minimum atomic E-state index is -4.21. The van der Waals surface area contributed by atoms with Crippen LogP contribution in [0.2, 0.25) is 5.02 Å². The highest BCUT2D eigenvalue weighted by atomic mass is 35.5. The molecule has 0 fully saturated rings. The Morgan fingerprint density at radius 1 is 1.00 bits per heavy atom. The van der Waals surface area contributed by atoms with Gasteiger partial charge >= 0.3 is 12.2 Å². The number of rotatable bonds is 4. The van der Waals surface area contributed by atoms with Crippen LogP contribution in [-0.4, -0.2) is 18.1 Å². The van der Waals surface area contributed by atoms with Crippen molar-refractivity contribution in [2.75, 3.05) is 5.32 Å². The summed E-state index contributed by atoms with van der Waals surface area (Å²) >= 11 is 5.87. The van der Waals surface area contributed by atoms with Crippen LogP contribution in [0.25, 0.3) is 0 Å². The maximum absolute atomic E-state index is 12.2. The van der Waals surface area contributed by atoms with Gasteiger partial charge in [-0.05, 0) is 36.2 Å². The molecule has 0 radical (unpaired) electrons. The Labute approximate surface area is 147 Å². The van der Waals surface area contributed by atoms with E-state index >= 15 is 0 Å². The van der Waals surface area contributed by atoms with Gasteiger partial charge in [-0.15, -0.1) is 0 Å². The van der Waals surface area contributed by atoms with E-state index in [9.17, 15) is 22.8 Å². The third-order valence-electron chi connectivity index (χ3n) is 3.25. The van der Waals surface area contributed by atoms with E-state index in [4.69, 9.17) is 11.6 Å². The second-order valence-corrected chi connectivity index (χ2v) is 5.61. The van der Waals surface area contributed by atoms with Crippen LogP contribution in [0, 0.1) is 0 Å². The van der Waals surface area contributed by atoms with Gasteiger partial charge in [-0.25, -0.2) is 4.79 Å². The number of alkyl halides is 3. The molecule has 2 N–H and O–H groups in total. The first kappa shape index (κ1) is 18.8. The topological polar surface area (TPSA) is 58.2 Å². The molecule has 132 valence electrons. The number of hydrogen-bond acceptors (Lipinski definition) is 2. The molecule has 0 unspecified atom stereocenters. The van der Waals surface area contributed by atoms with Gasteiger partial charge < -0.3 is 5.32 Å². The summed E-state index contributed by atoms with van der Waals surface area (Å²) in [6.45, 7) is 0. The van der Waals surface area contributed by atoms with Crippen molar-refractivity contribution in [3.63, 3.8) is 0 Å². The Morgan fingerprint density at radius 2 is 1.64 bits per heavy atom. The van der Waals surface area contributed by atoms with E-state index in [1.807, 2.05) is 0 Å². The van der Waals surface area contributed by atoms with Crippen molar-refractivity contribution >= 4 is 29.2 Å². The Kier molecular flexibility index (Phi) is 6.03. The average Bonchev–Trinajstić information content (AvgIpc) is 2.53. The molecule has 0 saturated carbocycles. The lowest BCUT2D eigenvalue weighted by Crippen LogP contribution is -2.34. The standard InChI is InChI=1S/C17H14ClF3N2O2/c18-14-4-2-1-3-13(14)15(24)23-16(25)22-12-7-5-11(6-8-12)9-10-17(19,20)21/h1-8H,9-10H2,(H2,22,23,24,25). The number of halogens is 4. The highest BCUT2D eigenvalue weighted by molar-refractivity contribution is 6.34. The van der Waals surface area contributed by atoms with Gasteiger partial charge in [-0.3, -0.25) is 10.1 Å². The Bertz CT molecular complexity index is 761. The molecule has 2 aromatic carbocycles. The second kappa shape index (κ2) is 8.02. The van der Waals surface area contributed by atoms with Crippen LogP contribution in [0.5, 0.6) is 0 Å². The fraction of sp³-hybridized carbons (Fsp3) is 0.176. The molecule has 2 aromatic rings. The van der Waals surface area contributed by atoms with Crippen molar-refractivity contribution in [2.45, 2.75) is 19.0 Å². The lowest BCUT2D eigenvalue weighted by molar-refractivity contribution is -0.134. The summed E-state index contributed by atoms with van der Waals surface area (Å²) in [6, 6.07) is 11.4. The number of carbonyl (C=O) groups excluding carboxylic acids is 2. The van der Waals surface area contributed by atoms with E-state index in [2.05, 4.69) is 10.6 Å². The van der Waals surface area contributed by atoms with Crippen molar-refractivity contribution in [1.29, 1.82) is 0 Å². The van der Waals surface area contributed by atoms with Gasteiger partial charge in [-0.2, -0.15) is 13.2 Å². The van der Waals surface area contributed by atoms with Crippen LogP contribution in [-0.2, 0) is 6.42 Å². The van der Waals surface area contributed by atoms with Gasteiger partial charge in [-0.1, -0.05) is 35.9 Å². The fourth-order valence-corrected chi connectivity index (χ4v) is 2.24. The minimum Gasteiger partial charge on any atom is -0.308 e. The molecular formula is C17H14ClF3N2O2. The number of anilines is 1. The average molecular weight is 371 g/mol. The van der Waals surface area contributed by atoms with Gasteiger partial charge in [0.1, 0.15) is 0 Å². The van der Waals surface area contributed by atoms with Gasteiger partial charge in [0.15, 0.2) is 0 Å². The van der Waals surface area contributed by atoms with Gasteiger partial charge in [0.2, 0.25) is 0 Å². The number of amides is 3. The number of carbonyl (C=O) groups is 2. The predicted molar refractivity (Wildman–Crippen MR) is 88.8 cm³/mol. The summed E-state index contributed by atoms with van der Waals surface area (Å²) in [5.74, 6) is -0.662. The molecule has 0 atom stereocenters. The summed E-state index contributed by atoms with van der Waals surface area (Å²) in [6.07, 6.45) is -5.26. The van der Waals surface area contributed by atoms with Gasteiger partial charge in [0.25, 0.3) is 5.91 Å². The van der Waals surface area contributed by atoms with E-state index in [0.29, 0.717) is 11.3 Å². The second-order valence-electron chi connectivity index (χ2n) is 5.20. The molecule has 0 aliphatic heterocycles. The summed E-state index contributed by atoms with van der Waals surface area (Å²) in [5, 5.41) is 4.76. The van der Waals surface area contributed by atoms with Gasteiger partial charge in [0.05, 0.1) is 10.6 Å².